The molecule has 0 saturated carbocycles. The molecule has 0 amide bonds. The minimum atomic E-state index is -0.462. The summed E-state index contributed by atoms with van der Waals surface area (Å²) in [5.74, 6) is 2.07. The molecular formula is C30H54O3. The Bertz CT molecular complexity index is 665. The predicted molar refractivity (Wildman–Crippen MR) is 140 cm³/mol. The van der Waals surface area contributed by atoms with Crippen molar-refractivity contribution in [2.75, 3.05) is 6.61 Å². The molecule has 33 heavy (non-hydrogen) atoms. The second-order valence-corrected chi connectivity index (χ2v) is 13.1. The highest BCUT2D eigenvalue weighted by molar-refractivity contribution is 5.86. The summed E-state index contributed by atoms with van der Waals surface area (Å²) in [5, 5.41) is 0. The van der Waals surface area contributed by atoms with Gasteiger partial charge in [-0.2, -0.15) is 0 Å². The Morgan fingerprint density at radius 1 is 0.970 bits per heavy atom. The number of allylic oxidation sites excluding steroid dienone is 2. The standard InChI is InChI=1S/C30H54O3/c1-21(18-22(2)19-28(32)33-20-27(31)29(6,7)8)13-14-23(3)24(4)15-16-26-25(5)12-11-17-30(26,9)10/h21-24H,11-20H2,1-10H3. The first kappa shape index (κ1) is 29.9. The van der Waals surface area contributed by atoms with Crippen LogP contribution in [-0.4, -0.2) is 18.4 Å². The molecule has 3 nitrogen and oxygen atoms in total. The fourth-order valence-electron chi connectivity index (χ4n) is 5.31. The molecule has 1 aliphatic carbocycles. The van der Waals surface area contributed by atoms with Crippen LogP contribution in [0.2, 0.25) is 0 Å². The lowest BCUT2D eigenvalue weighted by atomic mass is 9.70. The fourth-order valence-corrected chi connectivity index (χ4v) is 5.31. The molecule has 0 fully saturated rings. The SMILES string of the molecule is CC1=C(CCC(C)C(C)CCC(C)CC(C)CC(=O)OCC(=O)C(C)(C)C)C(C)(C)CCC1. The smallest absolute Gasteiger partial charge is 0.306 e. The van der Waals surface area contributed by atoms with Crippen LogP contribution in [0.3, 0.4) is 0 Å². The first-order valence-corrected chi connectivity index (χ1v) is 13.5. The Morgan fingerprint density at radius 2 is 1.58 bits per heavy atom. The van der Waals surface area contributed by atoms with Crippen LogP contribution in [0.4, 0.5) is 0 Å². The third-order valence-corrected chi connectivity index (χ3v) is 8.14. The van der Waals surface area contributed by atoms with E-state index in [2.05, 4.69) is 48.5 Å². The number of Topliss-reactive ketones (excluding diaryl/α,β-unsaturated/α-hetero) is 1. The van der Waals surface area contributed by atoms with Crippen LogP contribution in [-0.2, 0) is 14.3 Å². The molecule has 4 unspecified atom stereocenters. The Balaban J connectivity index is 2.34. The summed E-state index contributed by atoms with van der Waals surface area (Å²) in [5.41, 5.74) is 3.30. The number of ketones is 1. The minimum Gasteiger partial charge on any atom is -0.458 e. The molecular weight excluding hydrogens is 408 g/mol. The maximum atomic E-state index is 12.1. The van der Waals surface area contributed by atoms with Gasteiger partial charge in [-0.25, -0.2) is 0 Å². The van der Waals surface area contributed by atoms with Crippen LogP contribution >= 0.6 is 0 Å². The molecule has 1 aliphatic rings. The van der Waals surface area contributed by atoms with Gasteiger partial charge in [0.25, 0.3) is 0 Å². The highest BCUT2D eigenvalue weighted by Gasteiger charge is 2.28. The van der Waals surface area contributed by atoms with Gasteiger partial charge < -0.3 is 4.74 Å². The maximum absolute atomic E-state index is 12.1. The molecule has 0 bridgehead atoms. The van der Waals surface area contributed by atoms with E-state index in [1.54, 1.807) is 11.1 Å². The average molecular weight is 463 g/mol. The van der Waals surface area contributed by atoms with Crippen molar-refractivity contribution in [3.63, 3.8) is 0 Å². The minimum absolute atomic E-state index is 0.0292. The Morgan fingerprint density at radius 3 is 2.15 bits per heavy atom. The Labute approximate surface area is 205 Å². The van der Waals surface area contributed by atoms with Gasteiger partial charge in [-0.3, -0.25) is 9.59 Å². The zero-order valence-corrected chi connectivity index (χ0v) is 23.6. The van der Waals surface area contributed by atoms with Crippen molar-refractivity contribution in [1.82, 2.24) is 0 Å². The monoisotopic (exact) mass is 462 g/mol. The molecule has 0 aromatic carbocycles. The third kappa shape index (κ3) is 10.8. The number of carbonyl (C=O) groups excluding carboxylic acids is 2. The summed E-state index contributed by atoms with van der Waals surface area (Å²) in [6.45, 7) is 21.9. The van der Waals surface area contributed by atoms with Gasteiger partial charge in [-0.15, -0.1) is 0 Å². The maximum Gasteiger partial charge on any atom is 0.306 e. The summed E-state index contributed by atoms with van der Waals surface area (Å²) in [6, 6.07) is 0. The number of rotatable bonds is 13. The fraction of sp³-hybridized carbons (Fsp3) is 0.867. The molecule has 0 radical (unpaired) electrons. The molecule has 0 heterocycles. The molecule has 0 N–H and O–H groups in total. The lowest BCUT2D eigenvalue weighted by Gasteiger charge is -2.35. The largest absolute Gasteiger partial charge is 0.458 e. The van der Waals surface area contributed by atoms with Crippen molar-refractivity contribution in [3.8, 4) is 0 Å². The van der Waals surface area contributed by atoms with Crippen molar-refractivity contribution in [1.29, 1.82) is 0 Å². The first-order valence-electron chi connectivity index (χ1n) is 13.5. The first-order chi connectivity index (χ1) is 15.1. The highest BCUT2D eigenvalue weighted by atomic mass is 16.5. The van der Waals surface area contributed by atoms with Crippen LogP contribution in [0.15, 0.2) is 11.1 Å². The van der Waals surface area contributed by atoms with E-state index in [1.807, 2.05) is 20.8 Å². The van der Waals surface area contributed by atoms with E-state index < -0.39 is 5.41 Å². The normalized spacial score (nSPS) is 20.2. The number of hydrogen-bond donors (Lipinski definition) is 0. The van der Waals surface area contributed by atoms with Crippen LogP contribution in [0.1, 0.15) is 127 Å². The van der Waals surface area contributed by atoms with Gasteiger partial charge in [-0.05, 0) is 74.5 Å². The molecule has 0 spiro atoms. The molecule has 0 saturated heterocycles. The number of carbonyl (C=O) groups is 2. The van der Waals surface area contributed by atoms with Crippen molar-refractivity contribution in [2.24, 2.45) is 34.5 Å². The zero-order chi connectivity index (χ0) is 25.4. The molecule has 0 aliphatic heterocycles. The van der Waals surface area contributed by atoms with Gasteiger partial charge in [0.15, 0.2) is 12.4 Å². The van der Waals surface area contributed by atoms with E-state index in [4.69, 9.17) is 4.74 Å². The van der Waals surface area contributed by atoms with Gasteiger partial charge in [0.05, 0.1) is 0 Å². The summed E-state index contributed by atoms with van der Waals surface area (Å²) in [7, 11) is 0. The average Bonchev–Trinajstić information content (AvgIpc) is 2.68. The van der Waals surface area contributed by atoms with Gasteiger partial charge in [0.2, 0.25) is 0 Å². The quantitative estimate of drug-likeness (QED) is 0.203. The Kier molecular flexibility index (Phi) is 11.9. The van der Waals surface area contributed by atoms with Gasteiger partial charge in [0.1, 0.15) is 0 Å². The van der Waals surface area contributed by atoms with Crippen molar-refractivity contribution in [2.45, 2.75) is 127 Å². The summed E-state index contributed by atoms with van der Waals surface area (Å²) in [6.07, 6.45) is 10.4. The lowest BCUT2D eigenvalue weighted by Crippen LogP contribution is -2.26. The lowest BCUT2D eigenvalue weighted by molar-refractivity contribution is -0.150. The molecule has 0 aromatic heterocycles. The molecule has 0 aromatic rings. The summed E-state index contributed by atoms with van der Waals surface area (Å²) >= 11 is 0. The van der Waals surface area contributed by atoms with Crippen molar-refractivity contribution < 1.29 is 14.3 Å². The number of hydrogen-bond acceptors (Lipinski definition) is 3. The molecule has 3 heteroatoms. The van der Waals surface area contributed by atoms with Gasteiger partial charge >= 0.3 is 5.97 Å². The van der Waals surface area contributed by atoms with Gasteiger partial charge in [0, 0.05) is 11.8 Å². The van der Waals surface area contributed by atoms with Crippen LogP contribution in [0.25, 0.3) is 0 Å². The van der Waals surface area contributed by atoms with Crippen molar-refractivity contribution in [3.05, 3.63) is 11.1 Å². The third-order valence-electron chi connectivity index (χ3n) is 8.14. The molecule has 4 atom stereocenters. The molecule has 192 valence electrons. The number of esters is 1. The summed E-state index contributed by atoms with van der Waals surface area (Å²) < 4.78 is 5.22. The van der Waals surface area contributed by atoms with E-state index in [-0.39, 0.29) is 24.3 Å². The predicted octanol–water partition coefficient (Wildman–Crippen LogP) is 8.56. The van der Waals surface area contributed by atoms with Crippen molar-refractivity contribution >= 4 is 11.8 Å². The Hall–Kier alpha value is -1.12. The van der Waals surface area contributed by atoms with E-state index in [0.29, 0.717) is 17.8 Å². The van der Waals surface area contributed by atoms with Crippen LogP contribution in [0.5, 0.6) is 0 Å². The highest BCUT2D eigenvalue weighted by Crippen LogP contribution is 2.43. The van der Waals surface area contributed by atoms with E-state index >= 15 is 0 Å². The summed E-state index contributed by atoms with van der Waals surface area (Å²) in [4.78, 5) is 24.1. The van der Waals surface area contributed by atoms with E-state index in [9.17, 15) is 9.59 Å². The van der Waals surface area contributed by atoms with E-state index in [1.165, 1.54) is 44.9 Å². The van der Waals surface area contributed by atoms with Gasteiger partial charge in [-0.1, -0.05) is 86.3 Å². The topological polar surface area (TPSA) is 43.4 Å². The molecule has 1 rings (SSSR count). The zero-order valence-electron chi connectivity index (χ0n) is 23.6. The van der Waals surface area contributed by atoms with Crippen LogP contribution < -0.4 is 0 Å². The van der Waals surface area contributed by atoms with Crippen LogP contribution in [0, 0.1) is 34.5 Å². The second kappa shape index (κ2) is 13.1. The van der Waals surface area contributed by atoms with E-state index in [0.717, 1.165) is 18.3 Å². The number of ether oxygens (including phenoxy) is 1. The second-order valence-electron chi connectivity index (χ2n) is 13.1.